The zero-order valence-electron chi connectivity index (χ0n) is 34.9. The molecule has 15 nitrogen and oxygen atoms in total. The molecule has 0 saturated carbocycles. The molecular weight excluding hydrogens is 752 g/mol. The fourth-order valence-corrected chi connectivity index (χ4v) is 8.17. The Hall–Kier alpha value is -5.38. The van der Waals surface area contributed by atoms with Gasteiger partial charge in [-0.2, -0.15) is 0 Å². The van der Waals surface area contributed by atoms with Gasteiger partial charge in [-0.25, -0.2) is 4.79 Å². The van der Waals surface area contributed by atoms with E-state index in [1.807, 2.05) is 0 Å². The lowest BCUT2D eigenvalue weighted by atomic mass is 9.78. The summed E-state index contributed by atoms with van der Waals surface area (Å²) in [6.45, 7) is 14.2. The molecule has 4 bridgehead atoms. The molecule has 2 aliphatic rings. The molecule has 0 saturated heterocycles. The molecular formula is C43H54N2O13. The number of phenolic OH excluding ortho intramolecular Hbond substituents is 2. The number of amides is 1. The number of anilines is 1. The molecule has 3 heterocycles. The molecule has 1 aromatic heterocycles. The van der Waals surface area contributed by atoms with Crippen molar-refractivity contribution in [3.8, 4) is 17.2 Å². The summed E-state index contributed by atoms with van der Waals surface area (Å²) in [6, 6.07) is 0. The number of hydrogen-bond acceptors (Lipinski definition) is 13. The van der Waals surface area contributed by atoms with Gasteiger partial charge in [0, 0.05) is 79.3 Å². The van der Waals surface area contributed by atoms with Crippen LogP contribution in [0, 0.1) is 37.5 Å². The van der Waals surface area contributed by atoms with Gasteiger partial charge >= 0.3 is 17.7 Å². The van der Waals surface area contributed by atoms with Crippen molar-refractivity contribution < 1.29 is 63.3 Å². The Morgan fingerprint density at radius 1 is 0.914 bits per heavy atom. The molecule has 2 aromatic carbocycles. The van der Waals surface area contributed by atoms with E-state index < -0.39 is 89.0 Å². The minimum absolute atomic E-state index is 0.00202. The normalized spacial score (nSPS) is 28.3. The minimum atomic E-state index is -2.02. The number of aromatic hydroxyl groups is 2. The maximum absolute atomic E-state index is 14.6. The van der Waals surface area contributed by atoms with Crippen LogP contribution in [-0.2, 0) is 35.6 Å². The van der Waals surface area contributed by atoms with Crippen molar-refractivity contribution in [3.63, 3.8) is 0 Å². The number of allylic oxidation sites excluding steroid dienone is 2. The molecule has 5 rings (SSSR count). The topological polar surface area (TPSA) is 212 Å². The first-order chi connectivity index (χ1) is 27.1. The Bertz CT molecular complexity index is 2270. The number of fused-ring (bicyclic) bond motifs is 1. The van der Waals surface area contributed by atoms with E-state index in [0.717, 1.165) is 0 Å². The number of ketones is 1. The molecule has 58 heavy (non-hydrogen) atoms. The smallest absolute Gasteiger partial charge is 0.340 e. The lowest BCUT2D eigenvalue weighted by Gasteiger charge is -2.38. The van der Waals surface area contributed by atoms with Gasteiger partial charge in [0.05, 0.1) is 59.4 Å². The summed E-state index contributed by atoms with van der Waals surface area (Å²) in [4.78, 5) is 54.2. The van der Waals surface area contributed by atoms with Gasteiger partial charge in [0.15, 0.2) is 5.75 Å². The number of carbonyl (C=O) groups is 4. The van der Waals surface area contributed by atoms with Crippen molar-refractivity contribution in [1.82, 2.24) is 4.57 Å². The fraction of sp³-hybridized carbons (Fsp3) is 0.488. The summed E-state index contributed by atoms with van der Waals surface area (Å²) < 4.78 is 30.5. The standard InChI is InChI=1S/C43H54N2O13/c1-18-14-13-15-19(2)41(52)44-32-29-27(42(53)55-12)24(7)45(10)33(29)28-30(37(32)50)36(49)23(6)39-31(28)40(51)43(9,58-39)56-17-16-26(54-11)20(3)38(57-25(8)46)22(5)35(48)21(4)34(18)47/h13-18,20-22,26,34-35,38,47-50H,1-12H3,(H,44,52). The Labute approximate surface area is 336 Å². The molecule has 9 atom stereocenters. The highest BCUT2D eigenvalue weighted by Gasteiger charge is 2.50. The average molecular weight is 807 g/mol. The van der Waals surface area contributed by atoms with Crippen molar-refractivity contribution in [2.24, 2.45) is 30.7 Å². The van der Waals surface area contributed by atoms with Crippen LogP contribution < -0.4 is 10.1 Å². The molecule has 0 spiro atoms. The molecule has 0 radical (unpaired) electrons. The number of Topliss-reactive ketones (excluding diaryl/α,β-unsaturated/α-hetero) is 1. The van der Waals surface area contributed by atoms with Crippen molar-refractivity contribution in [1.29, 1.82) is 0 Å². The Morgan fingerprint density at radius 2 is 1.57 bits per heavy atom. The van der Waals surface area contributed by atoms with E-state index in [9.17, 15) is 39.6 Å². The van der Waals surface area contributed by atoms with Crippen molar-refractivity contribution >= 4 is 51.0 Å². The van der Waals surface area contributed by atoms with Crippen LogP contribution in [0.2, 0.25) is 0 Å². The van der Waals surface area contributed by atoms with Gasteiger partial charge < -0.3 is 54.0 Å². The third-order valence-corrected chi connectivity index (χ3v) is 11.8. The zero-order valence-corrected chi connectivity index (χ0v) is 34.9. The van der Waals surface area contributed by atoms with Gasteiger partial charge in [0.2, 0.25) is 0 Å². The quantitative estimate of drug-likeness (QED) is 0.161. The van der Waals surface area contributed by atoms with E-state index in [0.29, 0.717) is 5.69 Å². The second kappa shape index (κ2) is 16.5. The number of ether oxygens (including phenoxy) is 5. The molecule has 3 aromatic rings. The number of nitrogens with one attached hydrogen (secondary N) is 1. The van der Waals surface area contributed by atoms with Crippen LogP contribution in [0.3, 0.4) is 0 Å². The van der Waals surface area contributed by atoms with Gasteiger partial charge in [-0.05, 0) is 26.8 Å². The number of nitrogens with zero attached hydrogens (tertiary/aromatic N) is 1. The highest BCUT2D eigenvalue weighted by atomic mass is 16.7. The third-order valence-electron chi connectivity index (χ3n) is 11.8. The van der Waals surface area contributed by atoms with Crippen LogP contribution in [0.4, 0.5) is 5.69 Å². The maximum atomic E-state index is 14.6. The number of hydrogen-bond donors (Lipinski definition) is 5. The van der Waals surface area contributed by atoms with E-state index in [4.69, 9.17) is 23.7 Å². The summed E-state index contributed by atoms with van der Waals surface area (Å²) in [7, 11) is 4.26. The van der Waals surface area contributed by atoms with E-state index in [1.165, 1.54) is 60.3 Å². The lowest BCUT2D eigenvalue weighted by Crippen LogP contribution is -2.46. The SMILES string of the molecule is COC(=O)c1c(C)n(C)c2c1c1c(O)c3c(O)c(C)c4c(c32)C(=O)C(C)(OC=CC(OC)C(C)C(OC(C)=O)C(C)C(O)C(C)C(O)C(C)C=CC=C(C)C(=O)N1)O4. The van der Waals surface area contributed by atoms with Gasteiger partial charge in [-0.15, -0.1) is 0 Å². The molecule has 2 aliphatic heterocycles. The van der Waals surface area contributed by atoms with Crippen molar-refractivity contribution in [2.45, 2.75) is 92.5 Å². The van der Waals surface area contributed by atoms with Crippen molar-refractivity contribution in [2.75, 3.05) is 19.5 Å². The van der Waals surface area contributed by atoms with Crippen LogP contribution >= 0.6 is 0 Å². The number of aliphatic hydroxyl groups excluding tert-OH is 2. The van der Waals surface area contributed by atoms with E-state index in [1.54, 1.807) is 58.4 Å². The number of carbonyl (C=O) groups excluding carboxylic acids is 4. The Morgan fingerprint density at radius 3 is 2.17 bits per heavy atom. The first-order valence-corrected chi connectivity index (χ1v) is 19.1. The van der Waals surface area contributed by atoms with Crippen LogP contribution in [0.25, 0.3) is 21.7 Å². The van der Waals surface area contributed by atoms with Gasteiger partial charge in [0.1, 0.15) is 17.6 Å². The summed E-state index contributed by atoms with van der Waals surface area (Å²) >= 11 is 0. The minimum Gasteiger partial charge on any atom is -0.507 e. The third kappa shape index (κ3) is 7.30. The van der Waals surface area contributed by atoms with E-state index >= 15 is 0 Å². The molecule has 5 N–H and O–H groups in total. The molecule has 0 aliphatic carbocycles. The van der Waals surface area contributed by atoms with Crippen LogP contribution in [0.1, 0.15) is 80.4 Å². The molecule has 1 amide bonds. The number of aryl methyl sites for hydroxylation is 1. The van der Waals surface area contributed by atoms with Crippen molar-refractivity contribution in [3.05, 3.63) is 58.5 Å². The van der Waals surface area contributed by atoms with Crippen LogP contribution in [0.15, 0.2) is 36.1 Å². The predicted octanol–water partition coefficient (Wildman–Crippen LogP) is 5.64. The zero-order chi connectivity index (χ0) is 43.3. The highest BCUT2D eigenvalue weighted by Crippen LogP contribution is 2.55. The highest BCUT2D eigenvalue weighted by molar-refractivity contribution is 6.31. The number of esters is 2. The number of benzene rings is 2. The maximum Gasteiger partial charge on any atom is 0.340 e. The monoisotopic (exact) mass is 806 g/mol. The van der Waals surface area contributed by atoms with E-state index in [-0.39, 0.29) is 55.4 Å². The Balaban J connectivity index is 1.80. The van der Waals surface area contributed by atoms with Gasteiger partial charge in [0.25, 0.3) is 11.7 Å². The number of methoxy groups -OCH3 is 2. The van der Waals surface area contributed by atoms with Crippen LogP contribution in [-0.4, -0.2) is 93.0 Å². The first kappa shape index (κ1) is 43.7. The lowest BCUT2D eigenvalue weighted by molar-refractivity contribution is -0.160. The second-order valence-electron chi connectivity index (χ2n) is 15.6. The van der Waals surface area contributed by atoms with Crippen LogP contribution in [0.5, 0.6) is 17.2 Å². The predicted molar refractivity (Wildman–Crippen MR) is 215 cm³/mol. The molecule has 314 valence electrons. The molecule has 15 heteroatoms. The number of aliphatic hydroxyl groups is 2. The van der Waals surface area contributed by atoms with Gasteiger partial charge in [-0.1, -0.05) is 45.9 Å². The van der Waals surface area contributed by atoms with Gasteiger partial charge in [-0.3, -0.25) is 14.4 Å². The summed E-state index contributed by atoms with van der Waals surface area (Å²) in [5.74, 6) is -8.34. The fourth-order valence-electron chi connectivity index (χ4n) is 8.17. The largest absolute Gasteiger partial charge is 0.507 e. The first-order valence-electron chi connectivity index (χ1n) is 19.1. The number of rotatable bonds is 3. The second-order valence-corrected chi connectivity index (χ2v) is 15.6. The average Bonchev–Trinajstić information content (AvgIpc) is 3.60. The Kier molecular flexibility index (Phi) is 12.4. The summed E-state index contributed by atoms with van der Waals surface area (Å²) in [5, 5.41) is 49.3. The number of aromatic nitrogens is 1. The number of phenols is 2. The molecule has 0 fully saturated rings. The summed E-state index contributed by atoms with van der Waals surface area (Å²) in [5.41, 5.74) is 0.572. The molecule has 9 unspecified atom stereocenters. The van der Waals surface area contributed by atoms with E-state index in [2.05, 4.69) is 5.32 Å². The summed E-state index contributed by atoms with van der Waals surface area (Å²) in [6.07, 6.45) is 3.57.